The molecule has 0 aromatic carbocycles. The molecule has 3 N–H and O–H groups in total. The summed E-state index contributed by atoms with van der Waals surface area (Å²) in [7, 11) is -4.38. The second-order valence-corrected chi connectivity index (χ2v) is 11.2. The van der Waals surface area contributed by atoms with Crippen LogP contribution >= 0.6 is 0 Å². The smallest absolute Gasteiger partial charge is 0.419 e. The predicted molar refractivity (Wildman–Crippen MR) is 138 cm³/mol. The summed E-state index contributed by atoms with van der Waals surface area (Å²) >= 11 is 0. The van der Waals surface area contributed by atoms with Gasteiger partial charge in [0.05, 0.1) is 29.7 Å². The standard InChI is InChI=1S/C24H26F3N7O6S/c25-24(26,27)14-11-29-22(30-12-14)31-15-1-3-16(4-2-15)40-21-18-9-17(41(37,38)33-23(35)36)13-28-19(18)10-20(32-21)34-5-7-39-8-6-34/h9-13,15-16,33H,1-8H2,(H,35,36)(H,29,30,31). The largest absolute Gasteiger partial charge is 0.474 e. The third-order valence-electron chi connectivity index (χ3n) is 6.74. The maximum Gasteiger partial charge on any atom is 0.419 e. The van der Waals surface area contributed by atoms with Gasteiger partial charge < -0.3 is 24.8 Å². The zero-order chi connectivity index (χ0) is 29.2. The van der Waals surface area contributed by atoms with Gasteiger partial charge in [0.25, 0.3) is 10.0 Å². The molecule has 17 heteroatoms. The van der Waals surface area contributed by atoms with Crippen molar-refractivity contribution >= 4 is 38.8 Å². The van der Waals surface area contributed by atoms with E-state index in [0.717, 1.165) is 18.6 Å². The van der Waals surface area contributed by atoms with Crippen molar-refractivity contribution in [3.05, 3.63) is 36.3 Å². The number of aromatic nitrogens is 4. The summed E-state index contributed by atoms with van der Waals surface area (Å²) < 4.78 is 76.4. The van der Waals surface area contributed by atoms with E-state index in [-0.39, 0.29) is 28.9 Å². The van der Waals surface area contributed by atoms with Crippen LogP contribution in [0.25, 0.3) is 10.9 Å². The molecule has 13 nitrogen and oxygen atoms in total. The summed E-state index contributed by atoms with van der Waals surface area (Å²) in [4.78, 5) is 29.1. The van der Waals surface area contributed by atoms with Gasteiger partial charge in [-0.15, -0.1) is 0 Å². The molecule has 0 radical (unpaired) electrons. The van der Waals surface area contributed by atoms with Crippen LogP contribution in [0.2, 0.25) is 0 Å². The Labute approximate surface area is 232 Å². The van der Waals surface area contributed by atoms with E-state index in [1.165, 1.54) is 10.8 Å². The van der Waals surface area contributed by atoms with Crippen molar-refractivity contribution in [2.45, 2.75) is 48.9 Å². The lowest BCUT2D eigenvalue weighted by molar-refractivity contribution is -0.138. The van der Waals surface area contributed by atoms with Crippen molar-refractivity contribution in [3.8, 4) is 5.88 Å². The number of carboxylic acid groups (broad SMARTS) is 1. The molecular weight excluding hydrogens is 571 g/mol. The van der Waals surface area contributed by atoms with Crippen LogP contribution in [0.15, 0.2) is 35.6 Å². The van der Waals surface area contributed by atoms with Gasteiger partial charge in [0.2, 0.25) is 11.8 Å². The van der Waals surface area contributed by atoms with E-state index in [9.17, 15) is 26.4 Å². The summed E-state index contributed by atoms with van der Waals surface area (Å²) in [5, 5.41) is 12.3. The molecule has 0 bridgehead atoms. The lowest BCUT2D eigenvalue weighted by atomic mass is 9.93. The van der Waals surface area contributed by atoms with Crippen molar-refractivity contribution < 1.29 is 41.0 Å². The normalized spacial score (nSPS) is 20.0. The van der Waals surface area contributed by atoms with Crippen molar-refractivity contribution in [1.29, 1.82) is 0 Å². The van der Waals surface area contributed by atoms with Crippen LogP contribution in [0, 0.1) is 0 Å². The number of alkyl halides is 3. The molecule has 3 aromatic rings. The van der Waals surface area contributed by atoms with E-state index in [1.54, 1.807) is 6.07 Å². The van der Waals surface area contributed by atoms with Crippen LogP contribution in [-0.4, -0.2) is 78.0 Å². The number of ether oxygens (including phenoxy) is 2. The number of sulfonamides is 1. The number of nitrogens with zero attached hydrogens (tertiary/aromatic N) is 5. The molecule has 2 aliphatic rings. The number of carbonyl (C=O) groups is 1. The summed E-state index contributed by atoms with van der Waals surface area (Å²) in [6, 6.07) is 2.89. The minimum atomic E-state index is -4.52. The van der Waals surface area contributed by atoms with E-state index >= 15 is 0 Å². The number of halogens is 3. The van der Waals surface area contributed by atoms with Gasteiger partial charge in [-0.05, 0) is 31.7 Å². The Morgan fingerprint density at radius 3 is 2.37 bits per heavy atom. The number of fused-ring (bicyclic) bond motifs is 1. The van der Waals surface area contributed by atoms with E-state index in [0.29, 0.717) is 68.7 Å². The number of amides is 1. The molecule has 0 spiro atoms. The Kier molecular flexibility index (Phi) is 7.99. The summed E-state index contributed by atoms with van der Waals surface area (Å²) in [6.45, 7) is 2.22. The Morgan fingerprint density at radius 2 is 1.73 bits per heavy atom. The van der Waals surface area contributed by atoms with Crippen LogP contribution in [0.1, 0.15) is 31.2 Å². The second kappa shape index (κ2) is 11.5. The first kappa shape index (κ1) is 28.5. The first-order valence-corrected chi connectivity index (χ1v) is 14.2. The highest BCUT2D eigenvalue weighted by Gasteiger charge is 2.32. The number of anilines is 2. The summed E-state index contributed by atoms with van der Waals surface area (Å²) in [5.41, 5.74) is -0.510. The highest BCUT2D eigenvalue weighted by atomic mass is 32.2. The molecule has 3 aromatic heterocycles. The average molecular weight is 598 g/mol. The molecule has 0 unspecified atom stereocenters. The first-order valence-electron chi connectivity index (χ1n) is 12.7. The maximum absolute atomic E-state index is 12.8. The van der Waals surface area contributed by atoms with Gasteiger partial charge in [0.15, 0.2) is 0 Å². The highest BCUT2D eigenvalue weighted by Crippen LogP contribution is 2.33. The third kappa shape index (κ3) is 6.84. The van der Waals surface area contributed by atoms with Gasteiger partial charge >= 0.3 is 12.3 Å². The number of hydrogen-bond donors (Lipinski definition) is 3. The molecule has 220 valence electrons. The van der Waals surface area contributed by atoms with E-state index in [1.807, 2.05) is 4.90 Å². The van der Waals surface area contributed by atoms with Gasteiger partial charge in [0, 0.05) is 43.8 Å². The van der Waals surface area contributed by atoms with Crippen molar-refractivity contribution in [3.63, 3.8) is 0 Å². The minimum Gasteiger partial charge on any atom is -0.474 e. The Balaban J connectivity index is 1.34. The van der Waals surface area contributed by atoms with Crippen LogP contribution in [-0.2, 0) is 20.9 Å². The minimum absolute atomic E-state index is 0.0866. The third-order valence-corrected chi connectivity index (χ3v) is 8.02. The molecule has 4 heterocycles. The van der Waals surface area contributed by atoms with Gasteiger partial charge in [-0.25, -0.2) is 27.9 Å². The quantitative estimate of drug-likeness (QED) is 0.365. The average Bonchev–Trinajstić information content (AvgIpc) is 2.93. The van der Waals surface area contributed by atoms with Gasteiger partial charge in [-0.1, -0.05) is 0 Å². The molecule has 1 aliphatic heterocycles. The number of pyridine rings is 2. The second-order valence-electron chi connectivity index (χ2n) is 9.56. The fraction of sp³-hybridized carbons (Fsp3) is 0.458. The van der Waals surface area contributed by atoms with E-state index in [2.05, 4.69) is 25.3 Å². The molecule has 5 rings (SSSR count). The lowest BCUT2D eigenvalue weighted by Crippen LogP contribution is -2.37. The molecule has 41 heavy (non-hydrogen) atoms. The molecule has 1 amide bonds. The van der Waals surface area contributed by atoms with Crippen molar-refractivity contribution in [1.82, 2.24) is 24.7 Å². The highest BCUT2D eigenvalue weighted by molar-refractivity contribution is 7.90. The molecule has 2 fully saturated rings. The van der Waals surface area contributed by atoms with Gasteiger partial charge in [-0.3, -0.25) is 4.98 Å². The van der Waals surface area contributed by atoms with Gasteiger partial charge in [0.1, 0.15) is 16.8 Å². The molecule has 1 saturated heterocycles. The summed E-state index contributed by atoms with van der Waals surface area (Å²) in [5.74, 6) is 0.840. The van der Waals surface area contributed by atoms with Crippen LogP contribution in [0.4, 0.5) is 29.7 Å². The van der Waals surface area contributed by atoms with Crippen molar-refractivity contribution in [2.24, 2.45) is 0 Å². The molecule has 0 atom stereocenters. The van der Waals surface area contributed by atoms with Crippen LogP contribution in [0.3, 0.4) is 0 Å². The Morgan fingerprint density at radius 1 is 1.05 bits per heavy atom. The predicted octanol–water partition coefficient (Wildman–Crippen LogP) is 3.03. The molecule has 1 saturated carbocycles. The number of rotatable bonds is 7. The van der Waals surface area contributed by atoms with Crippen molar-refractivity contribution in [2.75, 3.05) is 36.5 Å². The first-order chi connectivity index (χ1) is 19.5. The number of nitrogens with one attached hydrogen (secondary N) is 2. The van der Waals surface area contributed by atoms with Crippen LogP contribution < -0.4 is 19.7 Å². The number of hydrogen-bond acceptors (Lipinski definition) is 11. The number of morpholine rings is 1. The molecule has 1 aliphatic carbocycles. The topological polar surface area (TPSA) is 169 Å². The Bertz CT molecular complexity index is 1510. The van der Waals surface area contributed by atoms with Crippen LogP contribution in [0.5, 0.6) is 5.88 Å². The summed E-state index contributed by atoms with van der Waals surface area (Å²) in [6.07, 6.45) is -1.66. The maximum atomic E-state index is 12.8. The lowest BCUT2D eigenvalue weighted by Gasteiger charge is -2.31. The van der Waals surface area contributed by atoms with E-state index < -0.39 is 27.9 Å². The van der Waals surface area contributed by atoms with E-state index in [4.69, 9.17) is 14.6 Å². The fourth-order valence-electron chi connectivity index (χ4n) is 4.64. The SMILES string of the molecule is O=C(O)NS(=O)(=O)c1cnc2cc(N3CCOCC3)nc(OC3CCC(Nc4ncc(C(F)(F)F)cn4)CC3)c2c1. The van der Waals surface area contributed by atoms with Gasteiger partial charge in [-0.2, -0.15) is 18.2 Å². The zero-order valence-corrected chi connectivity index (χ0v) is 22.3. The molecular formula is C24H26F3N7O6S. The Hall–Kier alpha value is -3.99. The monoisotopic (exact) mass is 597 g/mol. The zero-order valence-electron chi connectivity index (χ0n) is 21.5. The fourth-order valence-corrected chi connectivity index (χ4v) is 5.45.